The Morgan fingerprint density at radius 2 is 1.90 bits per heavy atom. The number of carbonyl (C=O) groups excluding carboxylic acids is 1. The molecule has 0 radical (unpaired) electrons. The minimum absolute atomic E-state index is 0.751. The molecule has 20 heavy (non-hydrogen) atoms. The summed E-state index contributed by atoms with van der Waals surface area (Å²) in [5, 5.41) is 0. The molecule has 0 saturated carbocycles. The van der Waals surface area contributed by atoms with Crippen molar-refractivity contribution in [1.82, 2.24) is 0 Å². The zero-order chi connectivity index (χ0) is 13.9. The van der Waals surface area contributed by atoms with Crippen molar-refractivity contribution in [1.29, 1.82) is 0 Å². The Morgan fingerprint density at radius 1 is 1.10 bits per heavy atom. The third-order valence-electron chi connectivity index (χ3n) is 4.05. The monoisotopic (exact) mass is 265 g/mol. The van der Waals surface area contributed by atoms with E-state index in [4.69, 9.17) is 0 Å². The number of rotatable bonds is 2. The van der Waals surface area contributed by atoms with Gasteiger partial charge in [-0.15, -0.1) is 0 Å². The molecule has 0 fully saturated rings. The van der Waals surface area contributed by atoms with E-state index in [1.807, 2.05) is 12.1 Å². The van der Waals surface area contributed by atoms with Crippen molar-refractivity contribution in [2.24, 2.45) is 0 Å². The number of benzene rings is 2. The molecular formula is C18H19NO. The van der Waals surface area contributed by atoms with Crippen LogP contribution >= 0.6 is 0 Å². The van der Waals surface area contributed by atoms with Crippen LogP contribution in [-0.4, -0.2) is 12.8 Å². The van der Waals surface area contributed by atoms with Crippen LogP contribution in [0, 0.1) is 6.92 Å². The first-order valence-electron chi connectivity index (χ1n) is 7.15. The van der Waals surface area contributed by atoms with Crippen LogP contribution in [0.25, 0.3) is 0 Å². The maximum Gasteiger partial charge on any atom is 0.150 e. The van der Waals surface area contributed by atoms with Gasteiger partial charge >= 0.3 is 0 Å². The number of anilines is 1. The zero-order valence-electron chi connectivity index (χ0n) is 11.8. The van der Waals surface area contributed by atoms with Gasteiger partial charge in [-0.05, 0) is 54.7 Å². The summed E-state index contributed by atoms with van der Waals surface area (Å²) in [6, 6.07) is 14.7. The molecule has 2 aromatic carbocycles. The van der Waals surface area contributed by atoms with Gasteiger partial charge in [-0.2, -0.15) is 0 Å². The average Bonchev–Trinajstić information content (AvgIpc) is 2.69. The van der Waals surface area contributed by atoms with E-state index in [1.54, 1.807) is 0 Å². The Kier molecular flexibility index (Phi) is 3.55. The van der Waals surface area contributed by atoms with E-state index in [2.05, 4.69) is 42.2 Å². The Bertz CT molecular complexity index is 633. The molecule has 1 aliphatic rings. The second-order valence-electron chi connectivity index (χ2n) is 5.46. The van der Waals surface area contributed by atoms with E-state index in [0.717, 1.165) is 31.4 Å². The van der Waals surface area contributed by atoms with Crippen molar-refractivity contribution < 1.29 is 4.79 Å². The van der Waals surface area contributed by atoms with Gasteiger partial charge in [0.2, 0.25) is 0 Å². The summed E-state index contributed by atoms with van der Waals surface area (Å²) in [6.07, 6.45) is 3.23. The molecule has 0 bridgehead atoms. The second kappa shape index (κ2) is 5.49. The molecule has 0 N–H and O–H groups in total. The molecule has 0 aliphatic carbocycles. The van der Waals surface area contributed by atoms with Crippen LogP contribution < -0.4 is 4.90 Å². The van der Waals surface area contributed by atoms with Gasteiger partial charge in [-0.1, -0.05) is 24.3 Å². The Labute approximate surface area is 120 Å². The molecule has 1 aliphatic heterocycles. The van der Waals surface area contributed by atoms with Crippen LogP contribution in [0.2, 0.25) is 0 Å². The molecule has 2 heteroatoms. The molecule has 0 atom stereocenters. The number of nitrogens with zero attached hydrogens (tertiary/aromatic N) is 1. The van der Waals surface area contributed by atoms with Crippen molar-refractivity contribution in [2.45, 2.75) is 26.3 Å². The van der Waals surface area contributed by atoms with Gasteiger partial charge in [0.1, 0.15) is 6.29 Å². The van der Waals surface area contributed by atoms with Gasteiger partial charge < -0.3 is 4.90 Å². The number of aldehydes is 1. The topological polar surface area (TPSA) is 20.3 Å². The largest absolute Gasteiger partial charge is 0.367 e. The lowest BCUT2D eigenvalue weighted by Gasteiger charge is -2.25. The highest BCUT2D eigenvalue weighted by atomic mass is 16.1. The summed E-state index contributed by atoms with van der Waals surface area (Å²) in [7, 11) is 0. The molecule has 102 valence electrons. The fourth-order valence-corrected chi connectivity index (χ4v) is 3.01. The highest BCUT2D eigenvalue weighted by molar-refractivity contribution is 5.77. The van der Waals surface area contributed by atoms with Gasteiger partial charge in [0.25, 0.3) is 0 Å². The first-order valence-corrected chi connectivity index (χ1v) is 7.15. The van der Waals surface area contributed by atoms with Gasteiger partial charge in [0.05, 0.1) is 0 Å². The average molecular weight is 265 g/mol. The highest BCUT2D eigenvalue weighted by Crippen LogP contribution is 2.26. The van der Waals surface area contributed by atoms with E-state index in [0.29, 0.717) is 0 Å². The molecule has 0 aromatic heterocycles. The van der Waals surface area contributed by atoms with Crippen LogP contribution in [0.15, 0.2) is 42.5 Å². The Morgan fingerprint density at radius 3 is 2.65 bits per heavy atom. The van der Waals surface area contributed by atoms with Crippen molar-refractivity contribution in [3.05, 3.63) is 64.7 Å². The maximum absolute atomic E-state index is 10.9. The quantitative estimate of drug-likeness (QED) is 0.771. The standard InChI is InChI=1S/C18H19NO/c1-14-11-15(13-20)8-9-18(14)19-10-4-7-16-5-2-3-6-17(16)12-19/h2-3,5-6,8-9,11,13H,4,7,10,12H2,1H3. The molecule has 1 heterocycles. The van der Waals surface area contributed by atoms with Crippen molar-refractivity contribution >= 4 is 12.0 Å². The number of fused-ring (bicyclic) bond motifs is 1. The Balaban J connectivity index is 1.93. The molecule has 0 amide bonds. The lowest BCUT2D eigenvalue weighted by atomic mass is 10.0. The van der Waals surface area contributed by atoms with E-state index in [1.165, 1.54) is 28.8 Å². The summed E-state index contributed by atoms with van der Waals surface area (Å²) >= 11 is 0. The number of carbonyl (C=O) groups is 1. The van der Waals surface area contributed by atoms with Crippen molar-refractivity contribution in [2.75, 3.05) is 11.4 Å². The zero-order valence-corrected chi connectivity index (χ0v) is 11.8. The smallest absolute Gasteiger partial charge is 0.150 e. The van der Waals surface area contributed by atoms with Gasteiger partial charge in [0, 0.05) is 24.3 Å². The fraction of sp³-hybridized carbons (Fsp3) is 0.278. The maximum atomic E-state index is 10.9. The van der Waals surface area contributed by atoms with Crippen LogP contribution in [-0.2, 0) is 13.0 Å². The van der Waals surface area contributed by atoms with Gasteiger partial charge in [-0.25, -0.2) is 0 Å². The Hall–Kier alpha value is -2.09. The van der Waals surface area contributed by atoms with E-state index < -0.39 is 0 Å². The molecule has 0 unspecified atom stereocenters. The summed E-state index contributed by atoms with van der Waals surface area (Å²) in [5.41, 5.74) is 6.06. The van der Waals surface area contributed by atoms with Crippen LogP contribution in [0.5, 0.6) is 0 Å². The van der Waals surface area contributed by atoms with Crippen molar-refractivity contribution in [3.8, 4) is 0 Å². The first kappa shape index (κ1) is 12.9. The number of hydrogen-bond donors (Lipinski definition) is 0. The molecule has 0 saturated heterocycles. The fourth-order valence-electron chi connectivity index (χ4n) is 3.01. The summed E-state index contributed by atoms with van der Waals surface area (Å²) in [4.78, 5) is 13.3. The molecular weight excluding hydrogens is 246 g/mol. The minimum atomic E-state index is 0.751. The minimum Gasteiger partial charge on any atom is -0.367 e. The van der Waals surface area contributed by atoms with Gasteiger partial charge in [-0.3, -0.25) is 4.79 Å². The predicted octanol–water partition coefficient (Wildman–Crippen LogP) is 3.76. The van der Waals surface area contributed by atoms with E-state index in [-0.39, 0.29) is 0 Å². The third kappa shape index (κ3) is 2.46. The third-order valence-corrected chi connectivity index (χ3v) is 4.05. The summed E-state index contributed by atoms with van der Waals surface area (Å²) in [6.45, 7) is 4.10. The second-order valence-corrected chi connectivity index (χ2v) is 5.46. The SMILES string of the molecule is Cc1cc(C=O)ccc1N1CCCc2ccccc2C1. The van der Waals surface area contributed by atoms with Crippen molar-refractivity contribution in [3.63, 3.8) is 0 Å². The lowest BCUT2D eigenvalue weighted by molar-refractivity contribution is 0.112. The molecule has 3 rings (SSSR count). The van der Waals surface area contributed by atoms with Crippen LogP contribution in [0.1, 0.15) is 33.5 Å². The lowest BCUT2D eigenvalue weighted by Crippen LogP contribution is -2.23. The van der Waals surface area contributed by atoms with Crippen LogP contribution in [0.4, 0.5) is 5.69 Å². The number of aryl methyl sites for hydroxylation is 2. The summed E-state index contributed by atoms with van der Waals surface area (Å²) < 4.78 is 0. The predicted molar refractivity (Wildman–Crippen MR) is 82.4 cm³/mol. The summed E-state index contributed by atoms with van der Waals surface area (Å²) in [5.74, 6) is 0. The molecule has 2 nitrogen and oxygen atoms in total. The normalized spacial score (nSPS) is 14.6. The molecule has 2 aromatic rings. The first-order chi connectivity index (χ1) is 9.78. The molecule has 0 spiro atoms. The van der Waals surface area contributed by atoms with Crippen LogP contribution in [0.3, 0.4) is 0 Å². The van der Waals surface area contributed by atoms with Gasteiger partial charge in [0.15, 0.2) is 0 Å². The van der Waals surface area contributed by atoms with E-state index in [9.17, 15) is 4.79 Å². The highest BCUT2D eigenvalue weighted by Gasteiger charge is 2.15. The van der Waals surface area contributed by atoms with E-state index >= 15 is 0 Å². The number of hydrogen-bond acceptors (Lipinski definition) is 2.